The van der Waals surface area contributed by atoms with Crippen LogP contribution in [0.1, 0.15) is 26.7 Å². The first kappa shape index (κ1) is 9.95. The van der Waals surface area contributed by atoms with E-state index in [1.807, 2.05) is 0 Å². The zero-order valence-electron chi connectivity index (χ0n) is 6.92. The molecule has 0 aliphatic carbocycles. The summed E-state index contributed by atoms with van der Waals surface area (Å²) in [6.45, 7) is 4.15. The Labute approximate surface area is 63.6 Å². The van der Waals surface area contributed by atoms with Gasteiger partial charge in [0.05, 0.1) is 5.75 Å². The lowest BCUT2D eigenvalue weighted by molar-refractivity contribution is 0.534. The Morgan fingerprint density at radius 1 is 1.40 bits per heavy atom. The van der Waals surface area contributed by atoms with Gasteiger partial charge in [0.2, 0.25) is 0 Å². The minimum absolute atomic E-state index is 0.335. The number of hydrogen-bond acceptors (Lipinski definition) is 2. The van der Waals surface area contributed by atoms with E-state index in [0.717, 1.165) is 12.8 Å². The Morgan fingerprint density at radius 2 is 1.90 bits per heavy atom. The minimum atomic E-state index is -2.73. The quantitative estimate of drug-likeness (QED) is 0.630. The maximum absolute atomic E-state index is 10.7. The maximum atomic E-state index is 10.7. The Bertz CT molecular complexity index is 170. The van der Waals surface area contributed by atoms with Crippen LogP contribution in [0.2, 0.25) is 0 Å². The highest BCUT2D eigenvalue weighted by Gasteiger charge is 2.04. The van der Waals surface area contributed by atoms with Gasteiger partial charge in [-0.1, -0.05) is 20.3 Å². The molecule has 0 aromatic heterocycles. The lowest BCUT2D eigenvalue weighted by atomic mass is 10.1. The van der Waals surface area contributed by atoms with Gasteiger partial charge >= 0.3 is 0 Å². The van der Waals surface area contributed by atoms with E-state index in [1.54, 1.807) is 0 Å². The highest BCUT2D eigenvalue weighted by molar-refractivity contribution is 7.90. The molecule has 0 saturated heterocycles. The topological polar surface area (TPSA) is 34.1 Å². The van der Waals surface area contributed by atoms with E-state index in [4.69, 9.17) is 0 Å². The van der Waals surface area contributed by atoms with Gasteiger partial charge in [0, 0.05) is 6.26 Å². The fourth-order valence-corrected chi connectivity index (χ4v) is 1.45. The van der Waals surface area contributed by atoms with Crippen LogP contribution in [0.3, 0.4) is 0 Å². The molecule has 0 aliphatic heterocycles. The molecule has 0 N–H and O–H groups in total. The Morgan fingerprint density at radius 3 is 2.20 bits per heavy atom. The molecule has 0 amide bonds. The van der Waals surface area contributed by atoms with E-state index >= 15 is 0 Å². The van der Waals surface area contributed by atoms with Crippen molar-refractivity contribution < 1.29 is 8.42 Å². The summed E-state index contributed by atoms with van der Waals surface area (Å²) in [4.78, 5) is 0. The molecule has 0 aromatic rings. The first-order valence-corrected chi connectivity index (χ1v) is 5.69. The van der Waals surface area contributed by atoms with Crippen molar-refractivity contribution >= 4 is 9.84 Å². The molecule has 0 rings (SSSR count). The Hall–Kier alpha value is -0.0500. The summed E-state index contributed by atoms with van der Waals surface area (Å²) in [5.41, 5.74) is 0. The van der Waals surface area contributed by atoms with Gasteiger partial charge in [0.25, 0.3) is 0 Å². The molecule has 1 atom stereocenters. The third kappa shape index (κ3) is 6.08. The van der Waals surface area contributed by atoms with E-state index in [0.29, 0.717) is 11.7 Å². The summed E-state index contributed by atoms with van der Waals surface area (Å²) in [7, 11) is -2.73. The van der Waals surface area contributed by atoms with Crippen molar-refractivity contribution in [2.75, 3.05) is 12.0 Å². The van der Waals surface area contributed by atoms with E-state index in [9.17, 15) is 8.42 Å². The molecule has 0 aliphatic rings. The second-order valence-electron chi connectivity index (χ2n) is 2.93. The van der Waals surface area contributed by atoms with Crippen molar-refractivity contribution in [3.05, 3.63) is 0 Å². The van der Waals surface area contributed by atoms with E-state index < -0.39 is 9.84 Å². The molecule has 0 heterocycles. The van der Waals surface area contributed by atoms with Gasteiger partial charge in [-0.3, -0.25) is 0 Å². The lowest BCUT2D eigenvalue weighted by Crippen LogP contribution is -2.06. The van der Waals surface area contributed by atoms with Crippen LogP contribution in [0.5, 0.6) is 0 Å². The fraction of sp³-hybridized carbons (Fsp3) is 1.00. The highest BCUT2D eigenvalue weighted by atomic mass is 32.2. The molecule has 3 heteroatoms. The molecule has 10 heavy (non-hydrogen) atoms. The fourth-order valence-electron chi connectivity index (χ4n) is 0.619. The summed E-state index contributed by atoms with van der Waals surface area (Å²) in [6, 6.07) is 0. The molecule has 62 valence electrons. The van der Waals surface area contributed by atoms with E-state index in [2.05, 4.69) is 13.8 Å². The van der Waals surface area contributed by atoms with Crippen LogP contribution in [-0.4, -0.2) is 20.4 Å². The van der Waals surface area contributed by atoms with Gasteiger partial charge < -0.3 is 0 Å². The number of rotatable bonds is 4. The summed E-state index contributed by atoms with van der Waals surface area (Å²) in [5, 5.41) is 0. The third-order valence-electron chi connectivity index (χ3n) is 1.68. The standard InChI is InChI=1S/C7H16O2S/c1-4-7(2)5-6-10(3,8)9/h7H,4-6H2,1-3H3. The van der Waals surface area contributed by atoms with Crippen LogP contribution in [0.15, 0.2) is 0 Å². The van der Waals surface area contributed by atoms with Crippen LogP contribution in [0.4, 0.5) is 0 Å². The molecular weight excluding hydrogens is 148 g/mol. The van der Waals surface area contributed by atoms with Crippen LogP contribution >= 0.6 is 0 Å². The van der Waals surface area contributed by atoms with Crippen LogP contribution in [0, 0.1) is 5.92 Å². The van der Waals surface area contributed by atoms with Gasteiger partial charge in [-0.2, -0.15) is 0 Å². The number of hydrogen-bond donors (Lipinski definition) is 0. The summed E-state index contributed by atoms with van der Waals surface area (Å²) in [6.07, 6.45) is 3.15. The second kappa shape index (κ2) is 3.96. The first-order valence-electron chi connectivity index (χ1n) is 3.63. The predicted octanol–water partition coefficient (Wildman–Crippen LogP) is 1.47. The van der Waals surface area contributed by atoms with Crippen LogP contribution in [-0.2, 0) is 9.84 Å². The van der Waals surface area contributed by atoms with E-state index in [-0.39, 0.29) is 0 Å². The molecule has 0 saturated carbocycles. The Kier molecular flexibility index (Phi) is 3.94. The average Bonchev–Trinajstić information content (AvgIpc) is 1.81. The molecule has 0 aromatic carbocycles. The zero-order valence-corrected chi connectivity index (χ0v) is 7.74. The highest BCUT2D eigenvalue weighted by Crippen LogP contribution is 2.06. The third-order valence-corrected chi connectivity index (χ3v) is 2.66. The van der Waals surface area contributed by atoms with Crippen molar-refractivity contribution in [2.45, 2.75) is 26.7 Å². The molecule has 0 spiro atoms. The molecule has 0 fully saturated rings. The molecule has 2 nitrogen and oxygen atoms in total. The van der Waals surface area contributed by atoms with Crippen molar-refractivity contribution in [1.29, 1.82) is 0 Å². The molecular formula is C7H16O2S. The smallest absolute Gasteiger partial charge is 0.147 e. The van der Waals surface area contributed by atoms with Crippen molar-refractivity contribution in [1.82, 2.24) is 0 Å². The SMILES string of the molecule is CCC(C)CCS(C)(=O)=O. The first-order chi connectivity index (χ1) is 4.45. The largest absolute Gasteiger partial charge is 0.229 e. The summed E-state index contributed by atoms with van der Waals surface area (Å²) < 4.78 is 21.3. The lowest BCUT2D eigenvalue weighted by Gasteiger charge is -2.05. The monoisotopic (exact) mass is 164 g/mol. The van der Waals surface area contributed by atoms with Gasteiger partial charge in [0.15, 0.2) is 0 Å². The Balaban J connectivity index is 3.56. The average molecular weight is 164 g/mol. The van der Waals surface area contributed by atoms with Crippen molar-refractivity contribution in [2.24, 2.45) is 5.92 Å². The minimum Gasteiger partial charge on any atom is -0.229 e. The molecule has 0 bridgehead atoms. The van der Waals surface area contributed by atoms with Gasteiger partial charge in [-0.15, -0.1) is 0 Å². The van der Waals surface area contributed by atoms with Crippen LogP contribution < -0.4 is 0 Å². The van der Waals surface area contributed by atoms with Gasteiger partial charge in [0.1, 0.15) is 9.84 Å². The summed E-state index contributed by atoms with van der Waals surface area (Å²) in [5.74, 6) is 0.872. The van der Waals surface area contributed by atoms with Crippen molar-refractivity contribution in [3.8, 4) is 0 Å². The predicted molar refractivity (Wildman–Crippen MR) is 43.8 cm³/mol. The van der Waals surface area contributed by atoms with Crippen LogP contribution in [0.25, 0.3) is 0 Å². The van der Waals surface area contributed by atoms with E-state index in [1.165, 1.54) is 6.26 Å². The zero-order chi connectivity index (χ0) is 8.20. The van der Waals surface area contributed by atoms with Crippen molar-refractivity contribution in [3.63, 3.8) is 0 Å². The summed E-state index contributed by atoms with van der Waals surface area (Å²) >= 11 is 0. The number of sulfone groups is 1. The van der Waals surface area contributed by atoms with Gasteiger partial charge in [-0.05, 0) is 12.3 Å². The van der Waals surface area contributed by atoms with Gasteiger partial charge in [-0.25, -0.2) is 8.42 Å². The molecule has 0 radical (unpaired) electrons. The molecule has 1 unspecified atom stereocenters. The maximum Gasteiger partial charge on any atom is 0.147 e. The second-order valence-corrected chi connectivity index (χ2v) is 5.19. The normalized spacial score (nSPS) is 15.1.